The third-order valence-corrected chi connectivity index (χ3v) is 13.1. The Morgan fingerprint density at radius 1 is 0.586 bits per heavy atom. The van der Waals surface area contributed by atoms with Gasteiger partial charge < -0.3 is 23.7 Å². The van der Waals surface area contributed by atoms with Crippen molar-refractivity contribution in [1.29, 1.82) is 0 Å². The quantitative estimate of drug-likeness (QED) is 0.149. The van der Waals surface area contributed by atoms with Gasteiger partial charge in [-0.2, -0.15) is 6.07 Å². The summed E-state index contributed by atoms with van der Waals surface area (Å²) in [7, 11) is 0. The maximum atomic E-state index is 8.78. The van der Waals surface area contributed by atoms with Crippen molar-refractivity contribution in [3.05, 3.63) is 217 Å². The second-order valence-electron chi connectivity index (χ2n) is 19.7. The van der Waals surface area contributed by atoms with Crippen LogP contribution < -0.4 is 14.5 Å². The molecule has 8 aromatic carbocycles. The minimum absolute atomic E-state index is 0. The van der Waals surface area contributed by atoms with E-state index in [0.717, 1.165) is 61.0 Å². The summed E-state index contributed by atoms with van der Waals surface area (Å²) in [5, 5.41) is 3.73. The van der Waals surface area contributed by atoms with Gasteiger partial charge in [0, 0.05) is 81.8 Å². The van der Waals surface area contributed by atoms with E-state index in [9.17, 15) is 0 Å². The Labute approximate surface area is 435 Å². The van der Waals surface area contributed by atoms with Crippen molar-refractivity contribution in [2.24, 2.45) is 0 Å². The Morgan fingerprint density at radius 3 is 1.83 bits per heavy atom. The van der Waals surface area contributed by atoms with Gasteiger partial charge in [-0.3, -0.25) is 0 Å². The Bertz CT molecular complexity index is 4110. The van der Waals surface area contributed by atoms with Gasteiger partial charge in [-0.05, 0) is 99.5 Å². The fraction of sp³-hybridized carbons (Fsp3) is 0.143. The first-order valence-corrected chi connectivity index (χ1v) is 23.1. The molecule has 0 aliphatic carbocycles. The van der Waals surface area contributed by atoms with Crippen LogP contribution in [0.4, 0.5) is 22.7 Å². The smallest absolute Gasteiger partial charge is 0.135 e. The van der Waals surface area contributed by atoms with Crippen LogP contribution in [0, 0.1) is 25.7 Å². The molecule has 1 aliphatic rings. The molecule has 0 bridgehead atoms. The number of anilines is 4. The number of rotatable bonds is 7. The molecule has 0 amide bonds. The third kappa shape index (κ3) is 7.66. The van der Waals surface area contributed by atoms with Crippen molar-refractivity contribution >= 4 is 66.4 Å². The molecule has 0 fully saturated rings. The van der Waals surface area contributed by atoms with Crippen LogP contribution in [0.15, 0.2) is 182 Å². The third-order valence-electron chi connectivity index (χ3n) is 13.1. The number of ether oxygens (including phenoxy) is 1. The molecule has 1 aliphatic heterocycles. The molecule has 70 heavy (non-hydrogen) atoms. The Hall–Kier alpha value is -7.40. The van der Waals surface area contributed by atoms with E-state index in [1.807, 2.05) is 83.4 Å². The Kier molecular flexibility index (Phi) is 9.00. The van der Waals surface area contributed by atoms with Crippen molar-refractivity contribution in [1.82, 2.24) is 14.1 Å². The first-order valence-electron chi connectivity index (χ1n) is 27.1. The van der Waals surface area contributed by atoms with Gasteiger partial charge in [0.2, 0.25) is 0 Å². The summed E-state index contributed by atoms with van der Waals surface area (Å²) in [5.41, 5.74) is 9.49. The topological polar surface area (TPSA) is 38.5 Å². The van der Waals surface area contributed by atoms with Crippen molar-refractivity contribution in [3.63, 3.8) is 0 Å². The SMILES string of the molecule is [2H]c1c([2H])c([2H])c(-c2cnc(-n3c4[c-]c(Oc5[c-]c(N6[CH-]N(c7cc(C(C)(C)C)cc(C(C)(C)C)c7)c7ccccc76)ccc5)cc(-n5c6ccccc6c6ccccc65)c4c4ccccc43)cc2C([2H])([2H])[2H])c([2H])c1[2H].[Pt]. The molecule has 0 spiro atoms. The second-order valence-corrected chi connectivity index (χ2v) is 19.7. The number of fused-ring (bicyclic) bond motifs is 7. The van der Waals surface area contributed by atoms with Gasteiger partial charge in [-0.15, -0.1) is 42.7 Å². The minimum Gasteiger partial charge on any atom is -0.509 e. The summed E-state index contributed by atoms with van der Waals surface area (Å²) in [4.78, 5) is 9.23. The van der Waals surface area contributed by atoms with Crippen molar-refractivity contribution in [2.45, 2.75) is 59.2 Å². The van der Waals surface area contributed by atoms with E-state index >= 15 is 0 Å². The Morgan fingerprint density at radius 2 is 1.19 bits per heavy atom. The molecule has 12 rings (SSSR count). The first kappa shape index (κ1) is 36.6. The molecule has 0 saturated heterocycles. The number of pyridine rings is 1. The molecule has 4 heterocycles. The fourth-order valence-electron chi connectivity index (χ4n) is 9.65. The van der Waals surface area contributed by atoms with Gasteiger partial charge in [-0.1, -0.05) is 155 Å². The molecule has 7 heteroatoms. The van der Waals surface area contributed by atoms with Crippen LogP contribution in [0.25, 0.3) is 66.2 Å². The molecule has 0 radical (unpaired) electrons. The number of benzene rings is 8. The second kappa shape index (κ2) is 17.2. The molecule has 11 aromatic rings. The Balaban J connectivity index is 0.00000645. The van der Waals surface area contributed by atoms with Crippen molar-refractivity contribution < 1.29 is 36.8 Å². The van der Waals surface area contributed by atoms with Gasteiger partial charge in [-0.25, -0.2) is 4.98 Å². The maximum Gasteiger partial charge on any atom is 0.135 e. The monoisotopic (exact) mass is 1100 g/mol. The predicted molar refractivity (Wildman–Crippen MR) is 286 cm³/mol. The molecular weight excluding hydrogens is 1040 g/mol. The first-order chi connectivity index (χ1) is 36.7. The van der Waals surface area contributed by atoms with Gasteiger partial charge in [0.25, 0.3) is 0 Å². The molecule has 0 unspecified atom stereocenters. The summed E-state index contributed by atoms with van der Waals surface area (Å²) in [5.74, 6) is 0.984. The number of hydrogen-bond acceptors (Lipinski definition) is 4. The average molecular weight is 1100 g/mol. The van der Waals surface area contributed by atoms with Gasteiger partial charge >= 0.3 is 0 Å². The minimum atomic E-state index is -2.79. The van der Waals surface area contributed by atoms with Gasteiger partial charge in [0.1, 0.15) is 5.82 Å². The molecular formula is C63H52N5OPt-3. The molecule has 348 valence electrons. The summed E-state index contributed by atoms with van der Waals surface area (Å²) >= 11 is 0. The number of nitrogens with zero attached hydrogens (tertiary/aromatic N) is 5. The summed E-state index contributed by atoms with van der Waals surface area (Å²) in [6.07, 6.45) is 1.29. The van der Waals surface area contributed by atoms with Crippen molar-refractivity contribution in [3.8, 4) is 34.1 Å². The van der Waals surface area contributed by atoms with E-state index < -0.39 is 37.1 Å². The number of para-hydroxylation sites is 5. The zero-order chi connectivity index (χ0) is 54.0. The molecule has 0 N–H and O–H groups in total. The molecule has 0 saturated carbocycles. The van der Waals surface area contributed by atoms with Gasteiger partial charge in [0.15, 0.2) is 0 Å². The summed E-state index contributed by atoms with van der Waals surface area (Å²) in [6.45, 7) is 12.8. The van der Waals surface area contributed by atoms with Crippen LogP contribution in [0.1, 0.15) is 69.2 Å². The number of hydrogen-bond donors (Lipinski definition) is 0. The number of aromatic nitrogens is 3. The van der Waals surface area contributed by atoms with Crippen LogP contribution >= 0.6 is 0 Å². The fourth-order valence-corrected chi connectivity index (χ4v) is 9.65. The van der Waals surface area contributed by atoms with Crippen LogP contribution in [0.2, 0.25) is 0 Å². The van der Waals surface area contributed by atoms with Crippen LogP contribution in [0.3, 0.4) is 0 Å². The van der Waals surface area contributed by atoms with E-state index in [-0.39, 0.29) is 54.4 Å². The largest absolute Gasteiger partial charge is 0.509 e. The van der Waals surface area contributed by atoms with E-state index in [2.05, 4.69) is 135 Å². The average Bonchev–Trinajstić information content (AvgIpc) is 4.14. The van der Waals surface area contributed by atoms with E-state index in [1.165, 1.54) is 23.4 Å². The summed E-state index contributed by atoms with van der Waals surface area (Å²) < 4.78 is 79.9. The molecule has 6 nitrogen and oxygen atoms in total. The zero-order valence-corrected chi connectivity index (χ0v) is 41.7. The van der Waals surface area contributed by atoms with Crippen LogP contribution in [-0.2, 0) is 31.9 Å². The van der Waals surface area contributed by atoms with Gasteiger partial charge in [0.05, 0.1) is 17.9 Å². The van der Waals surface area contributed by atoms with Crippen molar-refractivity contribution in [2.75, 3.05) is 9.80 Å². The zero-order valence-electron chi connectivity index (χ0n) is 47.5. The maximum absolute atomic E-state index is 8.78. The predicted octanol–water partition coefficient (Wildman–Crippen LogP) is 16.6. The molecule has 0 atom stereocenters. The van der Waals surface area contributed by atoms with Crippen LogP contribution in [-0.4, -0.2) is 14.1 Å². The molecule has 3 aromatic heterocycles. The van der Waals surface area contributed by atoms with E-state index in [1.54, 1.807) is 0 Å². The summed E-state index contributed by atoms with van der Waals surface area (Å²) in [6, 6.07) is 53.1. The van der Waals surface area contributed by atoms with E-state index in [4.69, 9.17) is 20.7 Å². The normalized spacial score (nSPS) is 14.7. The number of aryl methyl sites for hydroxylation is 1. The standard InChI is InChI=1S/C63H52N5O.Pt/c1-41-32-60(64-39-52(41)42-20-9-8-10-21-42)68-55-29-16-13-26-51(55)61-58(67-53-27-14-11-24-49(53)50-25-12-15-28-54(50)67)37-48(38-59(61)68)69-47-23-19-22-45(36-47)65-40-66(57-31-18-17-30-56(57)65)46-34-43(62(2,3)4)33-44(35-46)63(5,6)7;/h8-35,37,39-40H,1-7H3;/q-3;/i1D3,8D,9D,10D,20D,21D;. The van der Waals surface area contributed by atoms with Crippen LogP contribution in [0.5, 0.6) is 11.5 Å². The van der Waals surface area contributed by atoms with E-state index in [0.29, 0.717) is 22.5 Å².